The number of nitro groups is 1. The quantitative estimate of drug-likeness (QED) is 0.133. The Kier molecular flexibility index (Phi) is 6.75. The number of rotatable bonds is 8. The molecule has 0 saturated heterocycles. The van der Waals surface area contributed by atoms with Crippen LogP contribution in [0.2, 0.25) is 0 Å². The molecule has 1 aromatic heterocycles. The molecule has 0 unspecified atom stereocenters. The van der Waals surface area contributed by atoms with Gasteiger partial charge in [0.25, 0.3) is 5.69 Å². The summed E-state index contributed by atoms with van der Waals surface area (Å²) in [6.07, 6.45) is 1.67. The average Bonchev–Trinajstić information content (AvgIpc) is 3.21. The standard InChI is InChI=1S/C25H20N2O5S/c1-2-31-25(28)23-20-8-4-6-10-22(20)33-24(23)26-15-18-7-3-5-9-21(18)32-16-17-11-13-19(14-12-17)27(29)30/h3-15H,2,16H2,1H3. The molecule has 3 aromatic carbocycles. The maximum Gasteiger partial charge on any atom is 0.341 e. The summed E-state index contributed by atoms with van der Waals surface area (Å²) in [6.45, 7) is 2.30. The molecule has 1 heterocycles. The Labute approximate surface area is 194 Å². The highest BCUT2D eigenvalue weighted by molar-refractivity contribution is 7.23. The lowest BCUT2D eigenvalue weighted by atomic mass is 10.1. The van der Waals surface area contributed by atoms with E-state index in [4.69, 9.17) is 9.47 Å². The van der Waals surface area contributed by atoms with E-state index in [0.717, 1.165) is 21.2 Å². The van der Waals surface area contributed by atoms with Crippen molar-refractivity contribution >= 4 is 44.3 Å². The van der Waals surface area contributed by atoms with Crippen molar-refractivity contribution in [3.8, 4) is 5.75 Å². The van der Waals surface area contributed by atoms with Gasteiger partial charge in [0, 0.05) is 34.0 Å². The largest absolute Gasteiger partial charge is 0.488 e. The minimum atomic E-state index is -0.436. The minimum Gasteiger partial charge on any atom is -0.488 e. The molecule has 0 aliphatic heterocycles. The Morgan fingerprint density at radius 1 is 1.06 bits per heavy atom. The Morgan fingerprint density at radius 3 is 2.55 bits per heavy atom. The van der Waals surface area contributed by atoms with Crippen LogP contribution in [0.1, 0.15) is 28.4 Å². The number of ether oxygens (including phenoxy) is 2. The molecule has 0 aliphatic carbocycles. The van der Waals surface area contributed by atoms with Crippen molar-refractivity contribution in [1.82, 2.24) is 0 Å². The van der Waals surface area contributed by atoms with Gasteiger partial charge in [-0.2, -0.15) is 0 Å². The first-order chi connectivity index (χ1) is 16.1. The Morgan fingerprint density at radius 2 is 1.79 bits per heavy atom. The number of esters is 1. The molecule has 4 aromatic rings. The molecule has 8 heteroatoms. The van der Waals surface area contributed by atoms with Crippen LogP contribution in [0.3, 0.4) is 0 Å². The summed E-state index contributed by atoms with van der Waals surface area (Å²) in [5.41, 5.74) is 2.04. The van der Waals surface area contributed by atoms with Crippen LogP contribution in [0.5, 0.6) is 5.75 Å². The lowest BCUT2D eigenvalue weighted by Gasteiger charge is -2.09. The van der Waals surface area contributed by atoms with Gasteiger partial charge in [0.05, 0.1) is 11.5 Å². The third kappa shape index (κ3) is 5.07. The molecule has 0 radical (unpaired) electrons. The zero-order chi connectivity index (χ0) is 23.2. The summed E-state index contributed by atoms with van der Waals surface area (Å²) >= 11 is 1.42. The van der Waals surface area contributed by atoms with E-state index in [1.165, 1.54) is 23.5 Å². The predicted molar refractivity (Wildman–Crippen MR) is 129 cm³/mol. The van der Waals surface area contributed by atoms with Gasteiger partial charge in [-0.1, -0.05) is 30.3 Å². The molecular weight excluding hydrogens is 440 g/mol. The van der Waals surface area contributed by atoms with Crippen LogP contribution < -0.4 is 4.74 Å². The Balaban J connectivity index is 1.58. The molecule has 0 aliphatic rings. The normalized spacial score (nSPS) is 11.1. The van der Waals surface area contributed by atoms with Gasteiger partial charge in [0.15, 0.2) is 0 Å². The van der Waals surface area contributed by atoms with Crippen molar-refractivity contribution in [2.45, 2.75) is 13.5 Å². The second-order valence-corrected chi connectivity index (χ2v) is 8.04. The maximum absolute atomic E-state index is 12.6. The highest BCUT2D eigenvalue weighted by atomic mass is 32.1. The fourth-order valence-electron chi connectivity index (χ4n) is 3.25. The topological polar surface area (TPSA) is 91.0 Å². The van der Waals surface area contributed by atoms with E-state index in [1.54, 1.807) is 25.3 Å². The number of hydrogen-bond acceptors (Lipinski definition) is 7. The summed E-state index contributed by atoms with van der Waals surface area (Å²) in [5.74, 6) is 0.211. The van der Waals surface area contributed by atoms with Gasteiger partial charge in [-0.15, -0.1) is 11.3 Å². The minimum absolute atomic E-state index is 0.0343. The summed E-state index contributed by atoms with van der Waals surface area (Å²) in [4.78, 5) is 27.6. The first-order valence-corrected chi connectivity index (χ1v) is 11.1. The molecule has 0 amide bonds. The van der Waals surface area contributed by atoms with Crippen molar-refractivity contribution in [2.24, 2.45) is 4.99 Å². The van der Waals surface area contributed by atoms with Crippen molar-refractivity contribution in [3.63, 3.8) is 0 Å². The van der Waals surface area contributed by atoms with Crippen LogP contribution in [0.25, 0.3) is 10.1 Å². The van der Waals surface area contributed by atoms with Gasteiger partial charge in [-0.3, -0.25) is 10.1 Å². The van der Waals surface area contributed by atoms with Gasteiger partial charge >= 0.3 is 5.97 Å². The van der Waals surface area contributed by atoms with Crippen molar-refractivity contribution in [1.29, 1.82) is 0 Å². The van der Waals surface area contributed by atoms with E-state index >= 15 is 0 Å². The van der Waals surface area contributed by atoms with Gasteiger partial charge in [0.2, 0.25) is 0 Å². The summed E-state index contributed by atoms with van der Waals surface area (Å²) < 4.78 is 12.1. The second-order valence-electron chi connectivity index (χ2n) is 7.01. The average molecular weight is 461 g/mol. The number of carbonyl (C=O) groups is 1. The van der Waals surface area contributed by atoms with E-state index in [0.29, 0.717) is 16.3 Å². The van der Waals surface area contributed by atoms with Gasteiger partial charge < -0.3 is 9.47 Å². The van der Waals surface area contributed by atoms with E-state index in [9.17, 15) is 14.9 Å². The first kappa shape index (κ1) is 22.2. The van der Waals surface area contributed by atoms with Gasteiger partial charge in [0.1, 0.15) is 22.9 Å². The maximum atomic E-state index is 12.6. The van der Waals surface area contributed by atoms with Crippen LogP contribution in [0, 0.1) is 10.1 Å². The molecule has 0 N–H and O–H groups in total. The lowest BCUT2D eigenvalue weighted by molar-refractivity contribution is -0.384. The van der Waals surface area contributed by atoms with Crippen LogP contribution in [0.15, 0.2) is 77.8 Å². The molecule has 0 atom stereocenters. The van der Waals surface area contributed by atoms with Crippen LogP contribution in [-0.4, -0.2) is 23.7 Å². The fraction of sp³-hybridized carbons (Fsp3) is 0.120. The predicted octanol–water partition coefficient (Wildman–Crippen LogP) is 6.32. The molecule has 0 spiro atoms. The number of aliphatic imine (C=N–C) groups is 1. The van der Waals surface area contributed by atoms with Crippen molar-refractivity contribution < 1.29 is 19.2 Å². The zero-order valence-electron chi connectivity index (χ0n) is 17.8. The molecule has 0 fully saturated rings. The molecule has 7 nitrogen and oxygen atoms in total. The highest BCUT2D eigenvalue weighted by Gasteiger charge is 2.19. The van der Waals surface area contributed by atoms with Crippen LogP contribution in [0.4, 0.5) is 10.7 Å². The number of para-hydroxylation sites is 1. The number of thiophene rings is 1. The van der Waals surface area contributed by atoms with Gasteiger partial charge in [-0.05, 0) is 42.8 Å². The fourth-order valence-corrected chi connectivity index (χ4v) is 4.28. The summed E-state index contributed by atoms with van der Waals surface area (Å²) in [5, 5.41) is 12.2. The molecule has 166 valence electrons. The Hall–Kier alpha value is -4.04. The Bertz CT molecular complexity index is 1330. The first-order valence-electron chi connectivity index (χ1n) is 10.2. The monoisotopic (exact) mass is 460 g/mol. The number of nitro benzene ring substituents is 1. The number of nitrogens with zero attached hydrogens (tertiary/aromatic N) is 2. The van der Waals surface area contributed by atoms with Crippen molar-refractivity contribution in [2.75, 3.05) is 6.61 Å². The lowest BCUT2D eigenvalue weighted by Crippen LogP contribution is -2.04. The third-order valence-corrected chi connectivity index (χ3v) is 5.92. The molecular formula is C25H20N2O5S. The molecule has 0 saturated carbocycles. The van der Waals surface area contributed by atoms with Gasteiger partial charge in [-0.25, -0.2) is 9.79 Å². The number of hydrogen-bond donors (Lipinski definition) is 0. The van der Waals surface area contributed by atoms with E-state index in [1.807, 2.05) is 48.5 Å². The molecule has 0 bridgehead atoms. The smallest absolute Gasteiger partial charge is 0.341 e. The van der Waals surface area contributed by atoms with Crippen molar-refractivity contribution in [3.05, 3.63) is 99.6 Å². The zero-order valence-corrected chi connectivity index (χ0v) is 18.6. The molecule has 33 heavy (non-hydrogen) atoms. The number of fused-ring (bicyclic) bond motifs is 1. The number of benzene rings is 3. The van der Waals surface area contributed by atoms with Crippen LogP contribution in [-0.2, 0) is 11.3 Å². The van der Waals surface area contributed by atoms with E-state index < -0.39 is 10.9 Å². The summed E-state index contributed by atoms with van der Waals surface area (Å²) in [6, 6.07) is 21.3. The second kappa shape index (κ2) is 10.1. The van der Waals surface area contributed by atoms with E-state index in [-0.39, 0.29) is 18.9 Å². The van der Waals surface area contributed by atoms with Crippen LogP contribution >= 0.6 is 11.3 Å². The highest BCUT2D eigenvalue weighted by Crippen LogP contribution is 2.38. The third-order valence-electron chi connectivity index (χ3n) is 4.84. The number of carbonyl (C=O) groups excluding carboxylic acids is 1. The summed E-state index contributed by atoms with van der Waals surface area (Å²) in [7, 11) is 0. The SMILES string of the molecule is CCOC(=O)c1c(N=Cc2ccccc2OCc2ccc([N+](=O)[O-])cc2)sc2ccccc12. The number of non-ortho nitro benzene ring substituents is 1. The van der Waals surface area contributed by atoms with E-state index in [2.05, 4.69) is 4.99 Å². The molecule has 4 rings (SSSR count).